The summed E-state index contributed by atoms with van der Waals surface area (Å²) in [6.45, 7) is 0.691. The molecule has 1 aromatic carbocycles. The van der Waals surface area contributed by atoms with Crippen LogP contribution in [0, 0.1) is 0 Å². The number of hydrogen-bond acceptors (Lipinski definition) is 3. The number of nitrogens with zero attached hydrogens (tertiary/aromatic N) is 4. The van der Waals surface area contributed by atoms with Crippen LogP contribution in [0.25, 0.3) is 5.69 Å². The van der Waals surface area contributed by atoms with E-state index in [2.05, 4.69) is 15.4 Å². The van der Waals surface area contributed by atoms with Gasteiger partial charge in [-0.3, -0.25) is 9.48 Å². The third kappa shape index (κ3) is 3.60. The number of nitrogens with one attached hydrogen (secondary N) is 1. The molecule has 2 heterocycles. The number of aryl methyl sites for hydroxylation is 1. The number of hydrogen-bond donors (Lipinski definition) is 1. The van der Waals surface area contributed by atoms with Gasteiger partial charge in [-0.2, -0.15) is 5.10 Å². The van der Waals surface area contributed by atoms with Gasteiger partial charge >= 0.3 is 0 Å². The molecule has 0 aliphatic rings. The van der Waals surface area contributed by atoms with Crippen molar-refractivity contribution in [1.82, 2.24) is 19.3 Å². The van der Waals surface area contributed by atoms with Crippen LogP contribution in [0.15, 0.2) is 61.4 Å². The molecule has 3 aromatic rings. The maximum Gasteiger partial charge on any atom is 0.224 e. The van der Waals surface area contributed by atoms with Crippen LogP contribution >= 0.6 is 0 Å². The van der Waals surface area contributed by atoms with Gasteiger partial charge < -0.3 is 9.88 Å². The Hall–Kier alpha value is -2.89. The summed E-state index contributed by atoms with van der Waals surface area (Å²) in [5, 5.41) is 6.94. The molecule has 0 spiro atoms. The Morgan fingerprint density at radius 1 is 1.18 bits per heavy atom. The summed E-state index contributed by atoms with van der Waals surface area (Å²) in [5.74, 6) is 0.00442. The quantitative estimate of drug-likeness (QED) is 0.760. The van der Waals surface area contributed by atoms with E-state index in [1.54, 1.807) is 11.0 Å². The van der Waals surface area contributed by atoms with Crippen LogP contribution in [0.4, 0.5) is 5.69 Å². The van der Waals surface area contributed by atoms with E-state index in [0.717, 1.165) is 17.8 Å². The summed E-state index contributed by atoms with van der Waals surface area (Å²) in [5.41, 5.74) is 1.82. The normalized spacial score (nSPS) is 10.5. The molecule has 6 nitrogen and oxygen atoms in total. The third-order valence-corrected chi connectivity index (χ3v) is 3.29. The van der Waals surface area contributed by atoms with E-state index < -0.39 is 0 Å². The summed E-state index contributed by atoms with van der Waals surface area (Å²) in [6.07, 6.45) is 8.27. The molecule has 22 heavy (non-hydrogen) atoms. The van der Waals surface area contributed by atoms with Crippen LogP contribution in [-0.4, -0.2) is 25.2 Å². The van der Waals surface area contributed by atoms with Crippen molar-refractivity contribution in [3.63, 3.8) is 0 Å². The molecule has 0 saturated carbocycles. The van der Waals surface area contributed by atoms with Crippen molar-refractivity contribution in [3.8, 4) is 5.69 Å². The van der Waals surface area contributed by atoms with Gasteiger partial charge in [0, 0.05) is 36.7 Å². The van der Waals surface area contributed by atoms with Gasteiger partial charge in [-0.05, 0) is 36.8 Å². The second-order valence-corrected chi connectivity index (χ2v) is 4.95. The molecule has 6 heteroatoms. The van der Waals surface area contributed by atoms with Crippen molar-refractivity contribution in [1.29, 1.82) is 0 Å². The van der Waals surface area contributed by atoms with Crippen molar-refractivity contribution >= 4 is 11.6 Å². The molecule has 0 unspecified atom stereocenters. The van der Waals surface area contributed by atoms with Gasteiger partial charge in [0.2, 0.25) is 5.91 Å². The number of carbonyl (C=O) groups is 1. The van der Waals surface area contributed by atoms with Crippen molar-refractivity contribution < 1.29 is 4.79 Å². The Morgan fingerprint density at radius 3 is 2.82 bits per heavy atom. The highest BCUT2D eigenvalue weighted by molar-refractivity contribution is 5.90. The second-order valence-electron chi connectivity index (χ2n) is 4.95. The SMILES string of the molecule is O=C(CCCn1cncn1)Nc1cccc(-n2cccc2)c1. The summed E-state index contributed by atoms with van der Waals surface area (Å²) in [7, 11) is 0. The largest absolute Gasteiger partial charge is 0.326 e. The van der Waals surface area contributed by atoms with Crippen molar-refractivity contribution in [2.24, 2.45) is 0 Å². The highest BCUT2D eigenvalue weighted by Crippen LogP contribution is 2.15. The zero-order chi connectivity index (χ0) is 15.2. The first-order valence-corrected chi connectivity index (χ1v) is 7.17. The van der Waals surface area contributed by atoms with Gasteiger partial charge in [0.05, 0.1) is 0 Å². The van der Waals surface area contributed by atoms with Gasteiger partial charge in [-0.1, -0.05) is 6.07 Å². The molecule has 112 valence electrons. The average Bonchev–Trinajstić information content (AvgIpc) is 3.21. The number of benzene rings is 1. The van der Waals surface area contributed by atoms with Crippen LogP contribution < -0.4 is 5.32 Å². The molecule has 0 aliphatic carbocycles. The predicted octanol–water partition coefficient (Wildman–Crippen LogP) is 2.49. The highest BCUT2D eigenvalue weighted by atomic mass is 16.1. The number of aromatic nitrogens is 4. The molecule has 3 rings (SSSR count). The smallest absolute Gasteiger partial charge is 0.224 e. The Balaban J connectivity index is 1.54. The monoisotopic (exact) mass is 295 g/mol. The van der Waals surface area contributed by atoms with Gasteiger partial charge in [-0.15, -0.1) is 0 Å². The molecule has 2 aromatic heterocycles. The molecular weight excluding hydrogens is 278 g/mol. The number of anilines is 1. The van der Waals surface area contributed by atoms with Gasteiger partial charge in [-0.25, -0.2) is 4.98 Å². The zero-order valence-electron chi connectivity index (χ0n) is 12.1. The fourth-order valence-corrected chi connectivity index (χ4v) is 2.22. The standard InChI is InChI=1S/C16H17N5O/c22-16(7-4-10-21-13-17-12-18-21)19-14-5-3-6-15(11-14)20-8-1-2-9-20/h1-3,5-6,8-9,11-13H,4,7,10H2,(H,19,22). The van der Waals surface area contributed by atoms with Gasteiger partial charge in [0.1, 0.15) is 12.7 Å². The molecule has 0 atom stereocenters. The minimum absolute atomic E-state index is 0.00442. The lowest BCUT2D eigenvalue weighted by atomic mass is 10.2. The summed E-state index contributed by atoms with van der Waals surface area (Å²) in [6, 6.07) is 11.7. The van der Waals surface area contributed by atoms with Crippen LogP contribution in [0.3, 0.4) is 0 Å². The average molecular weight is 295 g/mol. The van der Waals surface area contributed by atoms with Crippen molar-refractivity contribution in [2.75, 3.05) is 5.32 Å². The second kappa shape index (κ2) is 6.71. The van der Waals surface area contributed by atoms with E-state index in [9.17, 15) is 4.79 Å². The number of amides is 1. The molecule has 1 amide bonds. The molecule has 0 fully saturated rings. The van der Waals surface area contributed by atoms with E-state index in [1.165, 1.54) is 6.33 Å². The van der Waals surface area contributed by atoms with E-state index >= 15 is 0 Å². The maximum atomic E-state index is 12.0. The zero-order valence-corrected chi connectivity index (χ0v) is 12.1. The molecule has 0 saturated heterocycles. The maximum absolute atomic E-state index is 12.0. The third-order valence-electron chi connectivity index (χ3n) is 3.29. The lowest BCUT2D eigenvalue weighted by Crippen LogP contribution is -2.12. The van der Waals surface area contributed by atoms with Crippen molar-refractivity contribution in [3.05, 3.63) is 61.4 Å². The predicted molar refractivity (Wildman–Crippen MR) is 83.7 cm³/mol. The van der Waals surface area contributed by atoms with E-state index in [0.29, 0.717) is 13.0 Å². The fourth-order valence-electron chi connectivity index (χ4n) is 2.22. The topological polar surface area (TPSA) is 64.7 Å². The van der Waals surface area contributed by atoms with Gasteiger partial charge in [0.15, 0.2) is 0 Å². The number of carbonyl (C=O) groups excluding carboxylic acids is 1. The summed E-state index contributed by atoms with van der Waals surface area (Å²) in [4.78, 5) is 15.8. The highest BCUT2D eigenvalue weighted by Gasteiger charge is 2.04. The molecule has 0 bridgehead atoms. The molecule has 0 aliphatic heterocycles. The fraction of sp³-hybridized carbons (Fsp3) is 0.188. The minimum Gasteiger partial charge on any atom is -0.326 e. The first-order chi connectivity index (χ1) is 10.8. The first-order valence-electron chi connectivity index (χ1n) is 7.17. The lowest BCUT2D eigenvalue weighted by Gasteiger charge is -2.08. The summed E-state index contributed by atoms with van der Waals surface area (Å²) >= 11 is 0. The van der Waals surface area contributed by atoms with E-state index in [-0.39, 0.29) is 5.91 Å². The van der Waals surface area contributed by atoms with Crippen LogP contribution in [0.2, 0.25) is 0 Å². The molecular formula is C16H17N5O. The Morgan fingerprint density at radius 2 is 2.05 bits per heavy atom. The van der Waals surface area contributed by atoms with Crippen LogP contribution in [0.1, 0.15) is 12.8 Å². The Kier molecular flexibility index (Phi) is 4.29. The van der Waals surface area contributed by atoms with Crippen molar-refractivity contribution in [2.45, 2.75) is 19.4 Å². The number of rotatable bonds is 6. The van der Waals surface area contributed by atoms with Gasteiger partial charge in [0.25, 0.3) is 0 Å². The summed E-state index contributed by atoms with van der Waals surface area (Å²) < 4.78 is 3.72. The van der Waals surface area contributed by atoms with Crippen LogP contribution in [-0.2, 0) is 11.3 Å². The molecule has 0 radical (unpaired) electrons. The minimum atomic E-state index is 0.00442. The van der Waals surface area contributed by atoms with E-state index in [1.807, 2.05) is 53.4 Å². The Labute approximate surface area is 128 Å². The molecule has 1 N–H and O–H groups in total. The first kappa shape index (κ1) is 14.1. The Bertz CT molecular complexity index is 719. The van der Waals surface area contributed by atoms with E-state index in [4.69, 9.17) is 0 Å². The lowest BCUT2D eigenvalue weighted by molar-refractivity contribution is -0.116. The van der Waals surface area contributed by atoms with Crippen LogP contribution in [0.5, 0.6) is 0 Å².